The Bertz CT molecular complexity index is 652. The highest BCUT2D eigenvalue weighted by molar-refractivity contribution is 7.18. The number of anilines is 2. The normalized spacial score (nSPS) is 24.4. The van der Waals surface area contributed by atoms with Crippen molar-refractivity contribution in [3.63, 3.8) is 0 Å². The van der Waals surface area contributed by atoms with Gasteiger partial charge in [-0.2, -0.15) is 4.98 Å². The minimum Gasteiger partial charge on any atom is -0.392 e. The molecule has 0 aliphatic heterocycles. The summed E-state index contributed by atoms with van der Waals surface area (Å²) in [6.07, 6.45) is 0.515. The lowest BCUT2D eigenvalue weighted by Crippen LogP contribution is -2.57. The van der Waals surface area contributed by atoms with Crippen molar-refractivity contribution >= 4 is 33.3 Å². The van der Waals surface area contributed by atoms with E-state index in [1.54, 1.807) is 11.3 Å². The predicted octanol–water partition coefficient (Wildman–Crippen LogP) is 2.61. The second-order valence-corrected chi connectivity index (χ2v) is 7.23. The molecule has 0 radical (unpaired) electrons. The van der Waals surface area contributed by atoms with Crippen molar-refractivity contribution in [3.8, 4) is 0 Å². The number of nitrogens with zero attached hydrogens (tertiary/aromatic N) is 2. The molecule has 2 aromatic heterocycles. The van der Waals surface area contributed by atoms with Crippen LogP contribution >= 0.6 is 11.3 Å². The van der Waals surface area contributed by atoms with Crippen LogP contribution in [-0.4, -0.2) is 34.3 Å². The number of hydrogen-bond donors (Lipinski definition) is 3. The highest BCUT2D eigenvalue weighted by Crippen LogP contribution is 2.43. The molecular weight excluding hydrogens is 272 g/mol. The molecule has 2 aromatic rings. The Labute approximate surface area is 122 Å². The van der Waals surface area contributed by atoms with Gasteiger partial charge >= 0.3 is 0 Å². The fourth-order valence-corrected chi connectivity index (χ4v) is 3.46. The maximum Gasteiger partial charge on any atom is 0.225 e. The van der Waals surface area contributed by atoms with Crippen molar-refractivity contribution in [2.45, 2.75) is 39.3 Å². The first-order valence-electron chi connectivity index (χ1n) is 6.82. The summed E-state index contributed by atoms with van der Waals surface area (Å²) in [4.78, 5) is 11.2. The number of hydrogen-bond acceptors (Lipinski definition) is 6. The van der Waals surface area contributed by atoms with Gasteiger partial charge in [0.1, 0.15) is 10.6 Å². The van der Waals surface area contributed by atoms with Crippen molar-refractivity contribution in [1.82, 2.24) is 9.97 Å². The van der Waals surface area contributed by atoms with Gasteiger partial charge in [0.2, 0.25) is 5.95 Å². The molecule has 108 valence electrons. The van der Waals surface area contributed by atoms with Gasteiger partial charge in [-0.1, -0.05) is 13.8 Å². The molecular formula is C14H20N4OS. The summed E-state index contributed by atoms with van der Waals surface area (Å²) in [5.41, 5.74) is -0.123. The van der Waals surface area contributed by atoms with Crippen LogP contribution in [0.5, 0.6) is 0 Å². The Balaban J connectivity index is 1.98. The molecule has 1 aliphatic carbocycles. The van der Waals surface area contributed by atoms with Crippen molar-refractivity contribution in [2.75, 3.05) is 17.7 Å². The Hall–Kier alpha value is -1.40. The number of aromatic nitrogens is 2. The van der Waals surface area contributed by atoms with Crippen molar-refractivity contribution in [3.05, 3.63) is 10.9 Å². The molecule has 3 N–H and O–H groups in total. The second kappa shape index (κ2) is 4.56. The quantitative estimate of drug-likeness (QED) is 0.811. The zero-order chi connectivity index (χ0) is 14.5. The molecule has 0 bridgehead atoms. The van der Waals surface area contributed by atoms with Crippen LogP contribution in [0.2, 0.25) is 0 Å². The monoisotopic (exact) mass is 292 g/mol. The van der Waals surface area contributed by atoms with E-state index in [0.29, 0.717) is 5.95 Å². The molecule has 6 heteroatoms. The third-order valence-electron chi connectivity index (χ3n) is 4.27. The lowest BCUT2D eigenvalue weighted by Gasteiger charge is -2.49. The zero-order valence-electron chi connectivity index (χ0n) is 12.2. The Kier molecular flexibility index (Phi) is 3.10. The van der Waals surface area contributed by atoms with Crippen LogP contribution in [0.4, 0.5) is 11.8 Å². The van der Waals surface area contributed by atoms with Crippen LogP contribution in [0, 0.1) is 12.3 Å². The molecule has 1 aliphatic rings. The topological polar surface area (TPSA) is 70.1 Å². The summed E-state index contributed by atoms with van der Waals surface area (Å²) in [6.45, 7) is 6.23. The van der Waals surface area contributed by atoms with Gasteiger partial charge in [0, 0.05) is 23.4 Å². The van der Waals surface area contributed by atoms with Crippen LogP contribution in [0.25, 0.3) is 10.2 Å². The Morgan fingerprint density at radius 3 is 2.75 bits per heavy atom. The van der Waals surface area contributed by atoms with Crippen molar-refractivity contribution < 1.29 is 5.11 Å². The zero-order valence-corrected chi connectivity index (χ0v) is 13.0. The van der Waals surface area contributed by atoms with E-state index in [-0.39, 0.29) is 17.6 Å². The molecule has 0 spiro atoms. The number of aryl methyl sites for hydroxylation is 1. The number of rotatable bonds is 3. The fourth-order valence-electron chi connectivity index (χ4n) is 2.58. The van der Waals surface area contributed by atoms with E-state index in [1.807, 2.05) is 7.05 Å². The van der Waals surface area contributed by atoms with Gasteiger partial charge in [0.15, 0.2) is 0 Å². The highest BCUT2D eigenvalue weighted by atomic mass is 32.1. The lowest BCUT2D eigenvalue weighted by molar-refractivity contribution is -0.0511. The maximum absolute atomic E-state index is 9.86. The van der Waals surface area contributed by atoms with Gasteiger partial charge in [0.05, 0.1) is 11.5 Å². The molecule has 20 heavy (non-hydrogen) atoms. The maximum atomic E-state index is 9.86. The largest absolute Gasteiger partial charge is 0.392 e. The summed E-state index contributed by atoms with van der Waals surface area (Å²) in [6, 6.07) is 2.35. The van der Waals surface area contributed by atoms with Crippen molar-refractivity contribution in [2.24, 2.45) is 5.41 Å². The third kappa shape index (κ3) is 2.03. The SMILES string of the molecule is CNc1nc(NC2CC(O)C2(C)C)c2cc(C)sc2n1. The van der Waals surface area contributed by atoms with Gasteiger partial charge < -0.3 is 15.7 Å². The number of aliphatic hydroxyl groups excluding tert-OH is 1. The van der Waals surface area contributed by atoms with E-state index in [1.165, 1.54) is 4.88 Å². The van der Waals surface area contributed by atoms with Crippen molar-refractivity contribution in [1.29, 1.82) is 0 Å². The van der Waals surface area contributed by atoms with Gasteiger partial charge in [0.25, 0.3) is 0 Å². The van der Waals surface area contributed by atoms with E-state index in [0.717, 1.165) is 22.5 Å². The van der Waals surface area contributed by atoms with Gasteiger partial charge in [-0.3, -0.25) is 0 Å². The minimum absolute atomic E-state index is 0.123. The Morgan fingerprint density at radius 1 is 1.40 bits per heavy atom. The summed E-state index contributed by atoms with van der Waals surface area (Å²) < 4.78 is 0. The lowest BCUT2D eigenvalue weighted by atomic mass is 9.64. The molecule has 2 heterocycles. The van der Waals surface area contributed by atoms with Crippen LogP contribution in [0.15, 0.2) is 6.07 Å². The van der Waals surface area contributed by atoms with E-state index in [2.05, 4.69) is 47.4 Å². The van der Waals surface area contributed by atoms with E-state index in [9.17, 15) is 5.11 Å². The molecule has 0 saturated heterocycles. The molecule has 0 amide bonds. The predicted molar refractivity (Wildman–Crippen MR) is 83.5 cm³/mol. The van der Waals surface area contributed by atoms with Gasteiger partial charge in [-0.15, -0.1) is 11.3 Å². The first kappa shape index (κ1) is 13.6. The molecule has 1 fully saturated rings. The summed E-state index contributed by atoms with van der Waals surface area (Å²) in [7, 11) is 1.82. The number of thiophene rings is 1. The summed E-state index contributed by atoms with van der Waals surface area (Å²) in [5, 5.41) is 17.4. The van der Waals surface area contributed by atoms with E-state index < -0.39 is 0 Å². The molecule has 5 nitrogen and oxygen atoms in total. The van der Waals surface area contributed by atoms with Crippen LogP contribution in [-0.2, 0) is 0 Å². The average molecular weight is 292 g/mol. The average Bonchev–Trinajstić information content (AvgIpc) is 2.78. The molecule has 0 aromatic carbocycles. The first-order chi connectivity index (χ1) is 9.41. The van der Waals surface area contributed by atoms with Gasteiger partial charge in [-0.05, 0) is 19.4 Å². The molecule has 2 unspecified atom stereocenters. The summed E-state index contributed by atoms with van der Waals surface area (Å²) >= 11 is 1.67. The molecule has 1 saturated carbocycles. The van der Waals surface area contributed by atoms with E-state index in [4.69, 9.17) is 0 Å². The Morgan fingerprint density at radius 2 is 2.15 bits per heavy atom. The minimum atomic E-state index is -0.245. The first-order valence-corrected chi connectivity index (χ1v) is 7.64. The molecule has 3 rings (SSSR count). The summed E-state index contributed by atoms with van der Waals surface area (Å²) in [5.74, 6) is 1.48. The second-order valence-electron chi connectivity index (χ2n) is 5.99. The van der Waals surface area contributed by atoms with E-state index >= 15 is 0 Å². The van der Waals surface area contributed by atoms with Crippen LogP contribution in [0.1, 0.15) is 25.1 Å². The van der Waals surface area contributed by atoms with Crippen LogP contribution < -0.4 is 10.6 Å². The number of aliphatic hydroxyl groups is 1. The number of fused-ring (bicyclic) bond motifs is 1. The number of nitrogens with one attached hydrogen (secondary N) is 2. The molecule has 2 atom stereocenters. The highest BCUT2D eigenvalue weighted by Gasteiger charge is 2.47. The standard InChI is InChI=1S/C14H20N4OS/c1-7-5-8-11(16-9-6-10(19)14(9,2)3)17-13(15-4)18-12(8)20-7/h5,9-10,19H,6H2,1-4H3,(H2,15,16,17,18). The smallest absolute Gasteiger partial charge is 0.225 e. The third-order valence-corrected chi connectivity index (χ3v) is 5.21. The van der Waals surface area contributed by atoms with Gasteiger partial charge in [-0.25, -0.2) is 4.98 Å². The van der Waals surface area contributed by atoms with Crippen LogP contribution in [0.3, 0.4) is 0 Å². The fraction of sp³-hybridized carbons (Fsp3) is 0.571.